The normalized spacial score (nSPS) is 17.8. The number of nitrogen functional groups attached to an aromatic ring is 1. The van der Waals surface area contributed by atoms with Crippen LogP contribution < -0.4 is 15.8 Å². The second-order valence-corrected chi connectivity index (χ2v) is 11.3. The van der Waals surface area contributed by atoms with E-state index in [9.17, 15) is 9.59 Å². The summed E-state index contributed by atoms with van der Waals surface area (Å²) in [7, 11) is 0. The van der Waals surface area contributed by atoms with Crippen molar-refractivity contribution in [3.63, 3.8) is 0 Å². The van der Waals surface area contributed by atoms with E-state index in [1.807, 2.05) is 59.3 Å². The minimum Gasteiger partial charge on any atom is -0.457 e. The van der Waals surface area contributed by atoms with Gasteiger partial charge in [-0.1, -0.05) is 18.2 Å². The van der Waals surface area contributed by atoms with Gasteiger partial charge in [0.15, 0.2) is 5.65 Å². The third kappa shape index (κ3) is 5.81. The summed E-state index contributed by atoms with van der Waals surface area (Å²) in [5.41, 5.74) is 9.03. The van der Waals surface area contributed by atoms with Crippen LogP contribution in [0.4, 0.5) is 10.2 Å². The maximum atomic E-state index is 15.0. The molecular formula is C32H30FN9O3. The maximum Gasteiger partial charge on any atom is 0.235 e. The molecule has 2 aliphatic rings. The number of nitrogens with zero attached hydrogens (tertiary/aromatic N) is 7. The molecule has 1 atom stereocenters. The Morgan fingerprint density at radius 3 is 2.44 bits per heavy atom. The molecule has 0 bridgehead atoms. The monoisotopic (exact) mass is 607 g/mol. The molecule has 0 radical (unpaired) electrons. The fraction of sp³-hybridized carbons (Fsp3) is 0.281. The van der Waals surface area contributed by atoms with E-state index in [1.54, 1.807) is 0 Å². The summed E-state index contributed by atoms with van der Waals surface area (Å²) < 4.78 is 22.9. The van der Waals surface area contributed by atoms with E-state index in [-0.39, 0.29) is 29.8 Å². The fourth-order valence-corrected chi connectivity index (χ4v) is 5.95. The molecule has 12 nitrogen and oxygen atoms in total. The number of carbonyl (C=O) groups excluding carboxylic acids is 2. The molecule has 3 N–H and O–H groups in total. The summed E-state index contributed by atoms with van der Waals surface area (Å²) in [5.74, 6) is -0.171. The van der Waals surface area contributed by atoms with Gasteiger partial charge in [0.1, 0.15) is 40.8 Å². The van der Waals surface area contributed by atoms with Crippen LogP contribution in [-0.2, 0) is 16.1 Å². The van der Waals surface area contributed by atoms with Crippen molar-refractivity contribution in [1.82, 2.24) is 40.2 Å². The molecule has 2 saturated heterocycles. The molecule has 3 aromatic heterocycles. The highest BCUT2D eigenvalue weighted by Crippen LogP contribution is 2.35. The van der Waals surface area contributed by atoms with E-state index in [2.05, 4.69) is 30.4 Å². The Morgan fingerprint density at radius 1 is 0.956 bits per heavy atom. The highest BCUT2D eigenvalue weighted by molar-refractivity contribution is 6.00. The van der Waals surface area contributed by atoms with Crippen LogP contribution in [0.15, 0.2) is 67.0 Å². The number of piperidine rings is 2. The maximum absolute atomic E-state index is 15.0. The van der Waals surface area contributed by atoms with Crippen LogP contribution in [-0.4, -0.2) is 59.7 Å². The van der Waals surface area contributed by atoms with Gasteiger partial charge in [-0.05, 0) is 55.7 Å². The lowest BCUT2D eigenvalue weighted by atomic mass is 9.94. The Kier molecular flexibility index (Phi) is 7.59. The summed E-state index contributed by atoms with van der Waals surface area (Å²) >= 11 is 0. The van der Waals surface area contributed by atoms with E-state index in [1.165, 1.54) is 12.4 Å². The van der Waals surface area contributed by atoms with Gasteiger partial charge >= 0.3 is 0 Å². The van der Waals surface area contributed by atoms with Crippen LogP contribution in [0.1, 0.15) is 49.0 Å². The molecule has 45 heavy (non-hydrogen) atoms. The van der Waals surface area contributed by atoms with Crippen molar-refractivity contribution >= 4 is 28.7 Å². The average Bonchev–Trinajstić information content (AvgIpc) is 3.44. The molecular weight excluding hydrogens is 577 g/mol. The molecule has 0 saturated carbocycles. The number of imide groups is 1. The molecule has 13 heteroatoms. The van der Waals surface area contributed by atoms with Gasteiger partial charge in [0.25, 0.3) is 0 Å². The van der Waals surface area contributed by atoms with E-state index in [0.717, 1.165) is 24.2 Å². The number of benzene rings is 2. The van der Waals surface area contributed by atoms with Crippen LogP contribution in [0.2, 0.25) is 0 Å². The third-order valence-corrected chi connectivity index (χ3v) is 8.33. The molecule has 0 spiro atoms. The van der Waals surface area contributed by atoms with Gasteiger partial charge < -0.3 is 10.5 Å². The van der Waals surface area contributed by atoms with Crippen LogP contribution in [0, 0.1) is 5.82 Å². The molecule has 228 valence electrons. The van der Waals surface area contributed by atoms with E-state index in [0.29, 0.717) is 54.3 Å². The lowest BCUT2D eigenvalue weighted by Gasteiger charge is -2.31. The number of nitrogens with one attached hydrogen (secondary N) is 1. The lowest BCUT2D eigenvalue weighted by molar-refractivity contribution is -0.134. The number of fused-ring (bicyclic) bond motifs is 1. The van der Waals surface area contributed by atoms with E-state index in [4.69, 9.17) is 15.6 Å². The number of hydrogen-bond donors (Lipinski definition) is 2. The Labute approximate surface area is 257 Å². The predicted molar refractivity (Wildman–Crippen MR) is 162 cm³/mol. The van der Waals surface area contributed by atoms with Crippen molar-refractivity contribution in [2.24, 2.45) is 0 Å². The lowest BCUT2D eigenvalue weighted by Crippen LogP contribution is -2.40. The minimum absolute atomic E-state index is 0.0540. The highest BCUT2D eigenvalue weighted by Gasteiger charge is 2.31. The minimum atomic E-state index is -0.679. The molecule has 2 amide bonds. The SMILES string of the molecule is Nc1ncnc2c1c(-c1ccc(Oc3ccccc3)cc1)nn2C1CCN(Cc2nnc(C3CCC(=O)NC3=O)cc2F)CC1. The number of rotatable bonds is 7. The smallest absolute Gasteiger partial charge is 0.235 e. The van der Waals surface area contributed by atoms with Crippen molar-refractivity contribution < 1.29 is 18.7 Å². The van der Waals surface area contributed by atoms with Crippen LogP contribution >= 0.6 is 0 Å². The van der Waals surface area contributed by atoms with E-state index >= 15 is 4.39 Å². The number of likely N-dealkylation sites (tertiary alicyclic amines) is 1. The van der Waals surface area contributed by atoms with Crippen molar-refractivity contribution in [3.8, 4) is 22.8 Å². The van der Waals surface area contributed by atoms with Gasteiger partial charge in [0.2, 0.25) is 11.8 Å². The average molecular weight is 608 g/mol. The Morgan fingerprint density at radius 2 is 1.71 bits per heavy atom. The predicted octanol–water partition coefficient (Wildman–Crippen LogP) is 4.15. The summed E-state index contributed by atoms with van der Waals surface area (Å²) in [6, 6.07) is 18.6. The first-order chi connectivity index (χ1) is 21.9. The van der Waals surface area contributed by atoms with Crippen molar-refractivity contribution in [2.75, 3.05) is 18.8 Å². The molecule has 2 aromatic carbocycles. The number of amides is 2. The summed E-state index contributed by atoms with van der Waals surface area (Å²) in [6.07, 6.45) is 3.45. The molecule has 7 rings (SSSR count). The number of anilines is 1. The molecule has 2 fully saturated rings. The van der Waals surface area contributed by atoms with Crippen LogP contribution in [0.3, 0.4) is 0 Å². The summed E-state index contributed by atoms with van der Waals surface area (Å²) in [5, 5.41) is 16.2. The zero-order valence-corrected chi connectivity index (χ0v) is 24.3. The third-order valence-electron chi connectivity index (χ3n) is 8.33. The Bertz CT molecular complexity index is 1870. The topological polar surface area (TPSA) is 154 Å². The second kappa shape index (κ2) is 12.0. The van der Waals surface area contributed by atoms with E-state index < -0.39 is 17.6 Å². The fourth-order valence-electron chi connectivity index (χ4n) is 5.95. The molecule has 1 unspecified atom stereocenters. The first-order valence-electron chi connectivity index (χ1n) is 14.8. The van der Waals surface area contributed by atoms with Gasteiger partial charge in [0.05, 0.1) is 23.0 Å². The van der Waals surface area contributed by atoms with Crippen LogP contribution in [0.25, 0.3) is 22.3 Å². The number of halogens is 1. The first-order valence-corrected chi connectivity index (χ1v) is 14.8. The molecule has 5 heterocycles. The molecule has 0 aliphatic carbocycles. The number of hydrogen-bond acceptors (Lipinski definition) is 10. The highest BCUT2D eigenvalue weighted by atomic mass is 19.1. The first kappa shape index (κ1) is 28.5. The Hall–Kier alpha value is -5.30. The number of para-hydroxylation sites is 1. The zero-order chi connectivity index (χ0) is 30.9. The van der Waals surface area contributed by atoms with Crippen molar-refractivity contribution in [3.05, 3.63) is 84.2 Å². The van der Waals surface area contributed by atoms with Gasteiger partial charge in [-0.15, -0.1) is 0 Å². The van der Waals surface area contributed by atoms with Gasteiger partial charge in [0, 0.05) is 37.7 Å². The van der Waals surface area contributed by atoms with Crippen molar-refractivity contribution in [1.29, 1.82) is 0 Å². The summed E-state index contributed by atoms with van der Waals surface area (Å²) in [4.78, 5) is 34.5. The number of carbonyl (C=O) groups is 2. The number of ether oxygens (including phenoxy) is 1. The number of nitrogens with two attached hydrogens (primary N) is 1. The standard InChI is InChI=1S/C32H30FN9O3/c33-24-16-25(23-10-11-27(43)37-32(23)44)38-39-26(24)17-41-14-12-20(13-15-41)42-31-28(30(34)35-18-36-31)29(40-42)19-6-8-22(9-7-19)45-21-4-2-1-3-5-21/h1-9,16,18,20,23H,10-15,17H2,(H2,34,35,36)(H,37,43,44). The largest absolute Gasteiger partial charge is 0.457 e. The zero-order valence-electron chi connectivity index (χ0n) is 24.3. The van der Waals surface area contributed by atoms with Gasteiger partial charge in [-0.25, -0.2) is 19.0 Å². The second-order valence-electron chi connectivity index (χ2n) is 11.3. The van der Waals surface area contributed by atoms with Gasteiger partial charge in [-0.2, -0.15) is 15.3 Å². The summed E-state index contributed by atoms with van der Waals surface area (Å²) in [6.45, 7) is 1.66. The number of aromatic nitrogens is 6. The molecule has 2 aliphatic heterocycles. The molecule has 5 aromatic rings. The van der Waals surface area contributed by atoms with Gasteiger partial charge in [-0.3, -0.25) is 19.8 Å². The van der Waals surface area contributed by atoms with Crippen molar-refractivity contribution in [2.45, 2.75) is 44.2 Å². The Balaban J connectivity index is 1.05. The van der Waals surface area contributed by atoms with Crippen LogP contribution in [0.5, 0.6) is 11.5 Å². The quantitative estimate of drug-likeness (QED) is 0.258.